The zero-order valence-corrected chi connectivity index (χ0v) is 24.6. The Kier molecular flexibility index (Phi) is 10.1. The molecule has 218 valence electrons. The first-order valence-electron chi connectivity index (χ1n) is 11.3. The molecule has 0 saturated carbocycles. The number of hydrogen-bond donors (Lipinski definition) is 3. The summed E-state index contributed by atoms with van der Waals surface area (Å²) in [5, 5.41) is 6.42. The van der Waals surface area contributed by atoms with Gasteiger partial charge in [-0.05, 0) is 55.0 Å². The molecule has 0 radical (unpaired) electrons. The van der Waals surface area contributed by atoms with Crippen LogP contribution in [-0.4, -0.2) is 28.0 Å². The van der Waals surface area contributed by atoms with Crippen LogP contribution in [0.4, 0.5) is 34.6 Å². The quantitative estimate of drug-likeness (QED) is 0.165. The van der Waals surface area contributed by atoms with Crippen molar-refractivity contribution in [2.45, 2.75) is 30.0 Å². The number of carbonyl (C=O) groups is 3. The van der Waals surface area contributed by atoms with Gasteiger partial charge in [0, 0.05) is 12.6 Å². The number of halogens is 9. The number of anilines is 3. The van der Waals surface area contributed by atoms with Gasteiger partial charge in [-0.3, -0.25) is 14.4 Å². The van der Waals surface area contributed by atoms with Crippen LogP contribution in [0.25, 0.3) is 0 Å². The van der Waals surface area contributed by atoms with Gasteiger partial charge in [-0.15, -0.1) is 23.2 Å². The summed E-state index contributed by atoms with van der Waals surface area (Å²) in [6.07, 6.45) is 0. The number of amides is 3. The Morgan fingerprint density at radius 3 is 2.02 bits per heavy atom. The molecule has 0 aliphatic carbocycles. The molecule has 15 heteroatoms. The van der Waals surface area contributed by atoms with Crippen LogP contribution in [0.15, 0.2) is 48.5 Å². The highest BCUT2D eigenvalue weighted by Crippen LogP contribution is 2.40. The van der Waals surface area contributed by atoms with Crippen molar-refractivity contribution in [3.05, 3.63) is 86.4 Å². The molecule has 0 unspecified atom stereocenters. The van der Waals surface area contributed by atoms with Crippen LogP contribution in [0.2, 0.25) is 15.1 Å². The fourth-order valence-electron chi connectivity index (χ4n) is 3.53. The van der Waals surface area contributed by atoms with Gasteiger partial charge < -0.3 is 16.0 Å². The largest absolute Gasteiger partial charge is 0.325 e. The molecule has 0 saturated heterocycles. The lowest BCUT2D eigenvalue weighted by atomic mass is 9.94. The van der Waals surface area contributed by atoms with E-state index in [1.165, 1.54) is 42.6 Å². The van der Waals surface area contributed by atoms with Gasteiger partial charge in [0.1, 0.15) is 15.8 Å². The average molecular weight is 674 g/mol. The summed E-state index contributed by atoms with van der Waals surface area (Å²) in [4.78, 5) is 37.7. The van der Waals surface area contributed by atoms with E-state index in [4.69, 9.17) is 58.0 Å². The zero-order valence-electron chi connectivity index (χ0n) is 20.8. The Bertz CT molecular complexity index is 1530. The second-order valence-electron chi connectivity index (χ2n) is 8.83. The maximum absolute atomic E-state index is 14.9. The molecule has 3 aromatic carbocycles. The van der Waals surface area contributed by atoms with Crippen LogP contribution in [0.1, 0.15) is 35.7 Å². The van der Waals surface area contributed by atoms with Gasteiger partial charge in [-0.25, -0.2) is 8.78 Å². The lowest BCUT2D eigenvalue weighted by Crippen LogP contribution is -2.32. The lowest BCUT2D eigenvalue weighted by molar-refractivity contribution is -0.137. The molecule has 3 N–H and O–H groups in total. The topological polar surface area (TPSA) is 87.3 Å². The highest BCUT2D eigenvalue weighted by Gasteiger charge is 2.38. The molecule has 0 aliphatic rings. The van der Waals surface area contributed by atoms with Crippen molar-refractivity contribution in [2.24, 2.45) is 0 Å². The maximum atomic E-state index is 14.9. The van der Waals surface area contributed by atoms with E-state index in [0.717, 1.165) is 12.1 Å². The predicted molar refractivity (Wildman–Crippen MR) is 153 cm³/mol. The Labute approximate surface area is 256 Å². The SMILES string of the molecule is CC(F)(F)C(=O)Nc1c(F)ccc(NC(=O)c2cc(NC(=O)[C@H](c3ccc(Cl)c(Cl)c3)C(C)(Cl)Cl)ccc2Cl)c1F. The van der Waals surface area contributed by atoms with Gasteiger partial charge in [0.15, 0.2) is 5.82 Å². The van der Waals surface area contributed by atoms with Crippen LogP contribution < -0.4 is 16.0 Å². The molecule has 3 aromatic rings. The molecule has 0 fully saturated rings. The summed E-state index contributed by atoms with van der Waals surface area (Å²) in [5.74, 6) is -11.6. The van der Waals surface area contributed by atoms with Gasteiger partial charge in [0.25, 0.3) is 11.8 Å². The highest BCUT2D eigenvalue weighted by atomic mass is 35.5. The Morgan fingerprint density at radius 1 is 0.805 bits per heavy atom. The molecule has 3 rings (SSSR count). The standard InChI is InChI=1S/C26H18Cl5F4N3O3/c1-25(30,31)19(11-3-5-15(28)16(29)9-11)23(40)36-12-4-6-14(27)13(10-12)22(39)37-18-8-7-17(32)21(20(18)33)38-24(41)26(2,34)35/h3-10,19H,1-2H3,(H,36,40)(H,37,39)(H,38,41)/t19-/m0/s1. The molecule has 41 heavy (non-hydrogen) atoms. The number of carbonyl (C=O) groups excluding carboxylic acids is 3. The number of benzene rings is 3. The molecule has 0 aromatic heterocycles. The Hall–Kier alpha value is -2.76. The fourth-order valence-corrected chi connectivity index (χ4v) is 4.49. The highest BCUT2D eigenvalue weighted by molar-refractivity contribution is 6.50. The van der Waals surface area contributed by atoms with E-state index < -0.39 is 56.9 Å². The van der Waals surface area contributed by atoms with Crippen LogP contribution in [0, 0.1) is 11.6 Å². The molecule has 6 nitrogen and oxygen atoms in total. The van der Waals surface area contributed by atoms with E-state index >= 15 is 0 Å². The van der Waals surface area contributed by atoms with Gasteiger partial charge >= 0.3 is 5.92 Å². The zero-order chi connectivity index (χ0) is 30.9. The van der Waals surface area contributed by atoms with Crippen molar-refractivity contribution < 1.29 is 31.9 Å². The third-order valence-electron chi connectivity index (χ3n) is 5.50. The van der Waals surface area contributed by atoms with Crippen molar-refractivity contribution in [1.29, 1.82) is 0 Å². The molecule has 3 amide bonds. The van der Waals surface area contributed by atoms with Crippen molar-refractivity contribution >= 4 is 92.8 Å². The summed E-state index contributed by atoms with van der Waals surface area (Å²) in [6, 6.07) is 9.64. The molecule has 1 atom stereocenters. The van der Waals surface area contributed by atoms with E-state index in [1.807, 2.05) is 0 Å². The minimum atomic E-state index is -3.93. The van der Waals surface area contributed by atoms with Crippen molar-refractivity contribution in [1.82, 2.24) is 0 Å². The van der Waals surface area contributed by atoms with Crippen molar-refractivity contribution in [3.63, 3.8) is 0 Å². The summed E-state index contributed by atoms with van der Waals surface area (Å²) >= 11 is 30.8. The molecule has 0 spiro atoms. The monoisotopic (exact) mass is 671 g/mol. The molecule has 0 bridgehead atoms. The Balaban J connectivity index is 1.88. The van der Waals surface area contributed by atoms with Crippen LogP contribution in [0.5, 0.6) is 0 Å². The van der Waals surface area contributed by atoms with Crippen LogP contribution in [0.3, 0.4) is 0 Å². The summed E-state index contributed by atoms with van der Waals surface area (Å²) in [5.41, 5.74) is -1.71. The van der Waals surface area contributed by atoms with Crippen LogP contribution in [-0.2, 0) is 9.59 Å². The minimum Gasteiger partial charge on any atom is -0.325 e. The molecular formula is C26H18Cl5F4N3O3. The van der Waals surface area contributed by atoms with Crippen molar-refractivity contribution in [2.75, 3.05) is 16.0 Å². The lowest BCUT2D eigenvalue weighted by Gasteiger charge is -2.26. The first-order chi connectivity index (χ1) is 18.9. The first kappa shape index (κ1) is 32.8. The van der Waals surface area contributed by atoms with Gasteiger partial charge in [-0.1, -0.05) is 40.9 Å². The fraction of sp³-hybridized carbons (Fsp3) is 0.192. The number of alkyl halides is 4. The second kappa shape index (κ2) is 12.6. The van der Waals surface area contributed by atoms with Crippen molar-refractivity contribution in [3.8, 4) is 0 Å². The average Bonchev–Trinajstić information content (AvgIpc) is 2.85. The smallest absolute Gasteiger partial charge is 0.322 e. The number of rotatable bonds is 8. The molecular weight excluding hydrogens is 656 g/mol. The predicted octanol–water partition coefficient (Wildman–Crippen LogP) is 8.69. The normalized spacial score (nSPS) is 12.5. The first-order valence-corrected chi connectivity index (χ1v) is 13.2. The summed E-state index contributed by atoms with van der Waals surface area (Å²) in [7, 11) is 0. The second-order valence-corrected chi connectivity index (χ2v) is 11.8. The van der Waals surface area contributed by atoms with Gasteiger partial charge in [-0.2, -0.15) is 8.78 Å². The maximum Gasteiger partial charge on any atom is 0.322 e. The number of hydrogen-bond acceptors (Lipinski definition) is 3. The third kappa shape index (κ3) is 7.96. The molecule has 0 heterocycles. The van der Waals surface area contributed by atoms with E-state index in [-0.39, 0.29) is 33.2 Å². The van der Waals surface area contributed by atoms with Gasteiger partial charge in [0.05, 0.1) is 32.2 Å². The minimum absolute atomic E-state index is 0.0601. The Morgan fingerprint density at radius 2 is 1.44 bits per heavy atom. The summed E-state index contributed by atoms with van der Waals surface area (Å²) < 4.78 is 53.8. The third-order valence-corrected chi connectivity index (χ3v) is 7.01. The molecule has 0 aliphatic heterocycles. The van der Waals surface area contributed by atoms with E-state index in [9.17, 15) is 31.9 Å². The van der Waals surface area contributed by atoms with Gasteiger partial charge in [0.2, 0.25) is 5.91 Å². The van der Waals surface area contributed by atoms with E-state index in [1.54, 1.807) is 0 Å². The van der Waals surface area contributed by atoms with Crippen LogP contribution >= 0.6 is 58.0 Å². The van der Waals surface area contributed by atoms with E-state index in [2.05, 4.69) is 10.6 Å². The summed E-state index contributed by atoms with van der Waals surface area (Å²) in [6.45, 7) is 1.63. The number of nitrogens with one attached hydrogen (secondary N) is 3. The van der Waals surface area contributed by atoms with E-state index in [0.29, 0.717) is 11.6 Å².